The van der Waals surface area contributed by atoms with Gasteiger partial charge in [0.1, 0.15) is 12.4 Å². The highest BCUT2D eigenvalue weighted by molar-refractivity contribution is 5.28. The van der Waals surface area contributed by atoms with Crippen LogP contribution in [0.25, 0.3) is 0 Å². The molecule has 0 amide bonds. The Morgan fingerprint density at radius 1 is 0.947 bits per heavy atom. The average Bonchev–Trinajstić information content (AvgIpc) is 2.39. The summed E-state index contributed by atoms with van der Waals surface area (Å²) in [6.45, 7) is 4.45. The third-order valence-corrected chi connectivity index (χ3v) is 2.98. The lowest BCUT2D eigenvalue weighted by molar-refractivity contribution is 0.195. The fourth-order valence-electron chi connectivity index (χ4n) is 1.91. The van der Waals surface area contributed by atoms with Crippen molar-refractivity contribution in [3.8, 4) is 5.75 Å². The van der Waals surface area contributed by atoms with E-state index in [4.69, 9.17) is 4.74 Å². The number of aliphatic hydroxyl groups excluding tert-OH is 1. The van der Waals surface area contributed by atoms with Crippen LogP contribution in [0.2, 0.25) is 0 Å². The zero-order valence-electron chi connectivity index (χ0n) is 11.5. The lowest BCUT2D eigenvalue weighted by atomic mass is 10.1. The Morgan fingerprint density at radius 2 is 1.53 bits per heavy atom. The van der Waals surface area contributed by atoms with E-state index >= 15 is 0 Å². The van der Waals surface area contributed by atoms with Crippen molar-refractivity contribution in [1.82, 2.24) is 0 Å². The maximum absolute atomic E-state index is 9.32. The Balaban J connectivity index is 1.91. The summed E-state index contributed by atoms with van der Waals surface area (Å²) in [6, 6.07) is 16.2. The van der Waals surface area contributed by atoms with Gasteiger partial charge in [-0.05, 0) is 43.5 Å². The van der Waals surface area contributed by atoms with Crippen molar-refractivity contribution in [3.05, 3.63) is 65.2 Å². The second-order valence-corrected chi connectivity index (χ2v) is 4.97. The molecule has 0 aliphatic heterocycles. The quantitative estimate of drug-likeness (QED) is 0.887. The van der Waals surface area contributed by atoms with E-state index in [1.165, 1.54) is 11.1 Å². The number of aryl methyl sites for hydroxylation is 1. The van der Waals surface area contributed by atoms with Crippen LogP contribution in [0, 0.1) is 6.92 Å². The molecular formula is C17H20O2. The van der Waals surface area contributed by atoms with Crippen LogP contribution in [0.15, 0.2) is 48.5 Å². The molecule has 1 unspecified atom stereocenters. The van der Waals surface area contributed by atoms with Gasteiger partial charge in [0.15, 0.2) is 0 Å². The number of rotatable bonds is 5. The molecular weight excluding hydrogens is 236 g/mol. The minimum atomic E-state index is -0.306. The summed E-state index contributed by atoms with van der Waals surface area (Å²) < 4.78 is 5.73. The molecule has 0 saturated heterocycles. The standard InChI is InChI=1S/C17H20O2/c1-13-3-5-16(6-4-13)12-19-17-9-7-15(8-10-17)11-14(2)18/h3-10,14,18H,11-12H2,1-2H3. The van der Waals surface area contributed by atoms with E-state index in [0.29, 0.717) is 13.0 Å². The van der Waals surface area contributed by atoms with Crippen LogP contribution in [-0.2, 0) is 13.0 Å². The zero-order valence-corrected chi connectivity index (χ0v) is 11.5. The average molecular weight is 256 g/mol. The van der Waals surface area contributed by atoms with Crippen LogP contribution in [0.1, 0.15) is 23.6 Å². The first kappa shape index (κ1) is 13.6. The predicted octanol–water partition coefficient (Wildman–Crippen LogP) is 3.50. The van der Waals surface area contributed by atoms with Crippen molar-refractivity contribution in [1.29, 1.82) is 0 Å². The van der Waals surface area contributed by atoms with Gasteiger partial charge in [0.2, 0.25) is 0 Å². The van der Waals surface area contributed by atoms with Crippen LogP contribution in [0.4, 0.5) is 0 Å². The highest BCUT2D eigenvalue weighted by Crippen LogP contribution is 2.15. The molecule has 2 rings (SSSR count). The maximum atomic E-state index is 9.32. The molecule has 0 bridgehead atoms. The first-order valence-electron chi connectivity index (χ1n) is 6.59. The van der Waals surface area contributed by atoms with Crippen molar-refractivity contribution < 1.29 is 9.84 Å². The van der Waals surface area contributed by atoms with Gasteiger partial charge >= 0.3 is 0 Å². The second kappa shape index (κ2) is 6.39. The Labute approximate surface area is 114 Å². The summed E-state index contributed by atoms with van der Waals surface area (Å²) in [6.07, 6.45) is 0.373. The van der Waals surface area contributed by atoms with Gasteiger partial charge in [-0.15, -0.1) is 0 Å². The molecule has 2 heteroatoms. The minimum Gasteiger partial charge on any atom is -0.489 e. The molecule has 2 aromatic carbocycles. The molecule has 0 spiro atoms. The summed E-state index contributed by atoms with van der Waals surface area (Å²) in [5, 5.41) is 9.32. The molecule has 2 nitrogen and oxygen atoms in total. The number of hydrogen-bond donors (Lipinski definition) is 1. The van der Waals surface area contributed by atoms with Gasteiger partial charge in [0.25, 0.3) is 0 Å². The largest absolute Gasteiger partial charge is 0.489 e. The third kappa shape index (κ3) is 4.42. The van der Waals surface area contributed by atoms with Crippen LogP contribution >= 0.6 is 0 Å². The first-order chi connectivity index (χ1) is 9.13. The fourth-order valence-corrected chi connectivity index (χ4v) is 1.91. The van der Waals surface area contributed by atoms with Crippen molar-refractivity contribution in [2.75, 3.05) is 0 Å². The Bertz CT molecular complexity index is 498. The Hall–Kier alpha value is -1.80. The van der Waals surface area contributed by atoms with Crippen LogP contribution in [0.5, 0.6) is 5.75 Å². The lowest BCUT2D eigenvalue weighted by Gasteiger charge is -2.08. The normalized spacial score (nSPS) is 12.2. The number of aliphatic hydroxyl groups is 1. The van der Waals surface area contributed by atoms with Crippen molar-refractivity contribution in [2.24, 2.45) is 0 Å². The Kier molecular flexibility index (Phi) is 4.58. The summed E-state index contributed by atoms with van der Waals surface area (Å²) in [4.78, 5) is 0. The molecule has 0 aromatic heterocycles. The van der Waals surface area contributed by atoms with Gasteiger partial charge in [0.05, 0.1) is 6.10 Å². The Morgan fingerprint density at radius 3 is 2.11 bits per heavy atom. The van der Waals surface area contributed by atoms with Crippen LogP contribution in [0.3, 0.4) is 0 Å². The van der Waals surface area contributed by atoms with E-state index in [2.05, 4.69) is 31.2 Å². The molecule has 0 aliphatic rings. The molecule has 0 aliphatic carbocycles. The van der Waals surface area contributed by atoms with Crippen molar-refractivity contribution in [2.45, 2.75) is 33.0 Å². The van der Waals surface area contributed by atoms with E-state index in [1.807, 2.05) is 24.3 Å². The fraction of sp³-hybridized carbons (Fsp3) is 0.294. The van der Waals surface area contributed by atoms with Gasteiger partial charge in [-0.1, -0.05) is 42.0 Å². The second-order valence-electron chi connectivity index (χ2n) is 4.97. The zero-order chi connectivity index (χ0) is 13.7. The molecule has 0 saturated carbocycles. The van der Waals surface area contributed by atoms with Crippen molar-refractivity contribution >= 4 is 0 Å². The smallest absolute Gasteiger partial charge is 0.119 e. The highest BCUT2D eigenvalue weighted by atomic mass is 16.5. The predicted molar refractivity (Wildman–Crippen MR) is 77.3 cm³/mol. The molecule has 19 heavy (non-hydrogen) atoms. The SMILES string of the molecule is Cc1ccc(COc2ccc(CC(C)O)cc2)cc1. The maximum Gasteiger partial charge on any atom is 0.119 e. The third-order valence-electron chi connectivity index (χ3n) is 2.98. The summed E-state index contributed by atoms with van der Waals surface area (Å²) >= 11 is 0. The van der Waals surface area contributed by atoms with E-state index in [1.54, 1.807) is 6.92 Å². The lowest BCUT2D eigenvalue weighted by Crippen LogP contribution is -2.03. The molecule has 1 atom stereocenters. The molecule has 2 aromatic rings. The van der Waals surface area contributed by atoms with Gasteiger partial charge in [-0.25, -0.2) is 0 Å². The van der Waals surface area contributed by atoms with Crippen LogP contribution < -0.4 is 4.74 Å². The molecule has 0 radical (unpaired) electrons. The first-order valence-corrected chi connectivity index (χ1v) is 6.59. The highest BCUT2D eigenvalue weighted by Gasteiger charge is 2.00. The summed E-state index contributed by atoms with van der Waals surface area (Å²) in [5.41, 5.74) is 3.54. The van der Waals surface area contributed by atoms with Gasteiger partial charge in [-0.3, -0.25) is 0 Å². The van der Waals surface area contributed by atoms with Gasteiger partial charge in [-0.2, -0.15) is 0 Å². The van der Waals surface area contributed by atoms with Crippen molar-refractivity contribution in [3.63, 3.8) is 0 Å². The minimum absolute atomic E-state index is 0.306. The van der Waals surface area contributed by atoms with E-state index < -0.39 is 0 Å². The van der Waals surface area contributed by atoms with E-state index in [-0.39, 0.29) is 6.10 Å². The monoisotopic (exact) mass is 256 g/mol. The molecule has 1 N–H and O–H groups in total. The summed E-state index contributed by atoms with van der Waals surface area (Å²) in [5.74, 6) is 0.856. The molecule has 100 valence electrons. The summed E-state index contributed by atoms with van der Waals surface area (Å²) in [7, 11) is 0. The molecule has 0 heterocycles. The topological polar surface area (TPSA) is 29.5 Å². The van der Waals surface area contributed by atoms with Gasteiger partial charge < -0.3 is 9.84 Å². The number of hydrogen-bond acceptors (Lipinski definition) is 2. The van der Waals surface area contributed by atoms with E-state index in [0.717, 1.165) is 11.3 Å². The van der Waals surface area contributed by atoms with Crippen LogP contribution in [-0.4, -0.2) is 11.2 Å². The van der Waals surface area contributed by atoms with Gasteiger partial charge in [0, 0.05) is 0 Å². The van der Waals surface area contributed by atoms with E-state index in [9.17, 15) is 5.11 Å². The number of benzene rings is 2. The molecule has 0 fully saturated rings. The number of ether oxygens (including phenoxy) is 1.